The van der Waals surface area contributed by atoms with Crippen molar-refractivity contribution >= 4 is 17.7 Å². The topological polar surface area (TPSA) is 49.3 Å². The maximum absolute atomic E-state index is 13.4. The molecule has 0 spiro atoms. The molecule has 0 aliphatic heterocycles. The van der Waals surface area contributed by atoms with E-state index in [0.29, 0.717) is 11.8 Å². The molecule has 1 aromatic carbocycles. The van der Waals surface area contributed by atoms with Crippen molar-refractivity contribution in [3.8, 4) is 0 Å². The van der Waals surface area contributed by atoms with Crippen molar-refractivity contribution in [1.82, 2.24) is 5.32 Å². The maximum atomic E-state index is 13.4. The minimum Gasteiger partial charge on any atom is -0.478 e. The van der Waals surface area contributed by atoms with Gasteiger partial charge >= 0.3 is 5.97 Å². The van der Waals surface area contributed by atoms with Crippen LogP contribution in [0.4, 0.5) is 4.39 Å². The van der Waals surface area contributed by atoms with E-state index in [2.05, 4.69) is 18.5 Å². The number of halogens is 1. The molecule has 0 aliphatic carbocycles. The van der Waals surface area contributed by atoms with Crippen LogP contribution >= 0.6 is 11.8 Å². The molecule has 0 amide bonds. The fraction of sp³-hybridized carbons (Fsp3) is 0.462. The van der Waals surface area contributed by atoms with Crippen LogP contribution in [0.15, 0.2) is 18.2 Å². The predicted molar refractivity (Wildman–Crippen MR) is 72.7 cm³/mol. The number of nitrogens with one attached hydrogen (secondary N) is 1. The van der Waals surface area contributed by atoms with Crippen LogP contribution in [-0.2, 0) is 6.54 Å². The Labute approximate surface area is 111 Å². The first-order valence-corrected chi connectivity index (χ1v) is 7.08. The number of hydrogen-bond acceptors (Lipinski definition) is 3. The number of hydrogen-bond donors (Lipinski definition) is 2. The molecule has 0 saturated heterocycles. The lowest BCUT2D eigenvalue weighted by Gasteiger charge is -2.09. The molecule has 0 aromatic heterocycles. The highest BCUT2D eigenvalue weighted by molar-refractivity contribution is 7.99. The number of thioether (sulfide) groups is 1. The van der Waals surface area contributed by atoms with E-state index in [4.69, 9.17) is 5.11 Å². The standard InChI is InChI=1S/C13H18FNO2S/c1-9(18-2)5-6-15-8-10-3-4-11(13(16)17)12(14)7-10/h3-4,7,9,15H,5-6,8H2,1-2H3,(H,16,17). The Morgan fingerprint density at radius 3 is 2.83 bits per heavy atom. The zero-order chi connectivity index (χ0) is 13.5. The van der Waals surface area contributed by atoms with E-state index in [9.17, 15) is 9.18 Å². The fourth-order valence-corrected chi connectivity index (χ4v) is 1.85. The van der Waals surface area contributed by atoms with Gasteiger partial charge in [0.25, 0.3) is 0 Å². The third kappa shape index (κ3) is 4.66. The van der Waals surface area contributed by atoms with Gasteiger partial charge in [-0.25, -0.2) is 9.18 Å². The lowest BCUT2D eigenvalue weighted by atomic mass is 10.1. The van der Waals surface area contributed by atoms with Crippen LogP contribution in [0.3, 0.4) is 0 Å². The molecule has 1 rings (SSSR count). The molecule has 0 saturated carbocycles. The Balaban J connectivity index is 2.44. The van der Waals surface area contributed by atoms with Crippen molar-refractivity contribution in [1.29, 1.82) is 0 Å². The number of carbonyl (C=O) groups is 1. The predicted octanol–water partition coefficient (Wildman–Crippen LogP) is 2.76. The van der Waals surface area contributed by atoms with E-state index < -0.39 is 11.8 Å². The monoisotopic (exact) mass is 271 g/mol. The molecule has 1 unspecified atom stereocenters. The smallest absolute Gasteiger partial charge is 0.338 e. The van der Waals surface area contributed by atoms with Crippen LogP contribution < -0.4 is 5.32 Å². The first-order chi connectivity index (χ1) is 8.54. The quantitative estimate of drug-likeness (QED) is 0.749. The van der Waals surface area contributed by atoms with Crippen LogP contribution in [0.5, 0.6) is 0 Å². The molecule has 0 aliphatic rings. The molecule has 0 heterocycles. The summed E-state index contributed by atoms with van der Waals surface area (Å²) in [6, 6.07) is 4.21. The van der Waals surface area contributed by atoms with Gasteiger partial charge in [-0.05, 0) is 36.9 Å². The summed E-state index contributed by atoms with van der Waals surface area (Å²) >= 11 is 1.81. The Morgan fingerprint density at radius 1 is 1.56 bits per heavy atom. The Hall–Kier alpha value is -1.07. The highest BCUT2D eigenvalue weighted by atomic mass is 32.2. The molecular weight excluding hydrogens is 253 g/mol. The molecule has 3 nitrogen and oxygen atoms in total. The minimum atomic E-state index is -1.24. The maximum Gasteiger partial charge on any atom is 0.338 e. The van der Waals surface area contributed by atoms with E-state index in [1.165, 1.54) is 12.1 Å². The van der Waals surface area contributed by atoms with Crippen LogP contribution in [0.25, 0.3) is 0 Å². The Morgan fingerprint density at radius 2 is 2.28 bits per heavy atom. The molecule has 5 heteroatoms. The van der Waals surface area contributed by atoms with Gasteiger partial charge in [0, 0.05) is 11.8 Å². The highest BCUT2D eigenvalue weighted by Crippen LogP contribution is 2.11. The van der Waals surface area contributed by atoms with Crippen molar-refractivity contribution < 1.29 is 14.3 Å². The second-order valence-corrected chi connectivity index (χ2v) is 5.41. The average Bonchev–Trinajstić information content (AvgIpc) is 2.34. The van der Waals surface area contributed by atoms with E-state index in [1.807, 2.05) is 11.8 Å². The average molecular weight is 271 g/mol. The molecule has 2 N–H and O–H groups in total. The number of carboxylic acids is 1. The Bertz CT molecular complexity index is 412. The van der Waals surface area contributed by atoms with Crippen molar-refractivity contribution in [3.05, 3.63) is 35.1 Å². The SMILES string of the molecule is CSC(C)CCNCc1ccc(C(=O)O)c(F)c1. The lowest BCUT2D eigenvalue weighted by Crippen LogP contribution is -2.18. The van der Waals surface area contributed by atoms with Gasteiger partial charge in [0.1, 0.15) is 5.82 Å². The number of rotatable bonds is 7. The molecular formula is C13H18FNO2S. The fourth-order valence-electron chi connectivity index (χ4n) is 1.50. The van der Waals surface area contributed by atoms with Crippen molar-refractivity contribution in [2.75, 3.05) is 12.8 Å². The first-order valence-electron chi connectivity index (χ1n) is 5.79. The summed E-state index contributed by atoms with van der Waals surface area (Å²) in [5.41, 5.74) is 0.476. The second kappa shape index (κ2) is 7.38. The van der Waals surface area contributed by atoms with E-state index in [1.54, 1.807) is 6.07 Å². The summed E-state index contributed by atoms with van der Waals surface area (Å²) in [6.45, 7) is 3.58. The molecule has 0 radical (unpaired) electrons. The van der Waals surface area contributed by atoms with Gasteiger partial charge < -0.3 is 10.4 Å². The van der Waals surface area contributed by atoms with Crippen molar-refractivity contribution in [2.45, 2.75) is 25.1 Å². The van der Waals surface area contributed by atoms with E-state index in [0.717, 1.165) is 18.5 Å². The summed E-state index contributed by atoms with van der Waals surface area (Å²) in [6.07, 6.45) is 3.13. The highest BCUT2D eigenvalue weighted by Gasteiger charge is 2.10. The first kappa shape index (κ1) is 15.0. The van der Waals surface area contributed by atoms with E-state index in [-0.39, 0.29) is 5.56 Å². The summed E-state index contributed by atoms with van der Waals surface area (Å²) in [5, 5.41) is 12.5. The summed E-state index contributed by atoms with van der Waals surface area (Å²) in [7, 11) is 0. The third-order valence-electron chi connectivity index (χ3n) is 2.72. The van der Waals surface area contributed by atoms with Crippen LogP contribution in [0, 0.1) is 5.82 Å². The van der Waals surface area contributed by atoms with Gasteiger partial charge in [-0.15, -0.1) is 0 Å². The molecule has 0 fully saturated rings. The number of carboxylic acid groups (broad SMARTS) is 1. The summed E-state index contributed by atoms with van der Waals surface area (Å²) < 4.78 is 13.4. The zero-order valence-electron chi connectivity index (χ0n) is 10.6. The molecule has 100 valence electrons. The van der Waals surface area contributed by atoms with Crippen LogP contribution in [0.1, 0.15) is 29.3 Å². The zero-order valence-corrected chi connectivity index (χ0v) is 11.4. The number of aromatic carboxylic acids is 1. The molecule has 0 bridgehead atoms. The molecule has 18 heavy (non-hydrogen) atoms. The van der Waals surface area contributed by atoms with Crippen molar-refractivity contribution in [2.24, 2.45) is 0 Å². The minimum absolute atomic E-state index is 0.283. The van der Waals surface area contributed by atoms with Gasteiger partial charge in [-0.1, -0.05) is 13.0 Å². The largest absolute Gasteiger partial charge is 0.478 e. The third-order valence-corrected chi connectivity index (χ3v) is 3.76. The summed E-state index contributed by atoms with van der Waals surface area (Å²) in [5.74, 6) is -1.92. The van der Waals surface area contributed by atoms with Crippen LogP contribution in [-0.4, -0.2) is 29.1 Å². The normalized spacial score (nSPS) is 12.4. The summed E-state index contributed by atoms with van der Waals surface area (Å²) in [4.78, 5) is 10.6. The van der Waals surface area contributed by atoms with E-state index >= 15 is 0 Å². The van der Waals surface area contributed by atoms with Crippen molar-refractivity contribution in [3.63, 3.8) is 0 Å². The van der Waals surface area contributed by atoms with Crippen LogP contribution in [0.2, 0.25) is 0 Å². The lowest BCUT2D eigenvalue weighted by molar-refractivity contribution is 0.0692. The van der Waals surface area contributed by atoms with Gasteiger partial charge in [-0.3, -0.25) is 0 Å². The second-order valence-electron chi connectivity index (χ2n) is 4.13. The molecule has 1 atom stereocenters. The Kier molecular flexibility index (Phi) is 6.15. The molecule has 1 aromatic rings. The van der Waals surface area contributed by atoms with Gasteiger partial charge in [0.2, 0.25) is 0 Å². The van der Waals surface area contributed by atoms with Gasteiger partial charge in [-0.2, -0.15) is 11.8 Å². The van der Waals surface area contributed by atoms with Gasteiger partial charge in [0.15, 0.2) is 0 Å². The van der Waals surface area contributed by atoms with Gasteiger partial charge in [0.05, 0.1) is 5.56 Å². The number of benzene rings is 1.